The van der Waals surface area contributed by atoms with Crippen LogP contribution in [0.5, 0.6) is 5.75 Å². The van der Waals surface area contributed by atoms with E-state index >= 15 is 0 Å². The highest BCUT2D eigenvalue weighted by molar-refractivity contribution is 5.79. The van der Waals surface area contributed by atoms with Gasteiger partial charge >= 0.3 is 0 Å². The summed E-state index contributed by atoms with van der Waals surface area (Å²) in [4.78, 5) is 14.6. The average Bonchev–Trinajstić information content (AvgIpc) is 2.55. The molecule has 1 aromatic rings. The summed E-state index contributed by atoms with van der Waals surface area (Å²) in [5.41, 5.74) is 1.13. The van der Waals surface area contributed by atoms with Crippen molar-refractivity contribution in [2.24, 2.45) is 5.92 Å². The normalized spacial score (nSPS) is 22.2. The van der Waals surface area contributed by atoms with Gasteiger partial charge in [-0.3, -0.25) is 9.69 Å². The number of para-hydroxylation sites is 1. The van der Waals surface area contributed by atoms with Gasteiger partial charge in [0, 0.05) is 39.3 Å². The monoisotopic (exact) mass is 289 g/mol. The van der Waals surface area contributed by atoms with Crippen molar-refractivity contribution in [2.45, 2.75) is 6.42 Å². The number of nitrogens with one attached hydrogen (secondary N) is 2. The van der Waals surface area contributed by atoms with Crippen molar-refractivity contribution in [3.05, 3.63) is 29.8 Å². The molecule has 1 amide bonds. The second-order valence-corrected chi connectivity index (χ2v) is 5.70. The predicted octanol–water partition coefficient (Wildman–Crippen LogP) is 0.259. The molecule has 114 valence electrons. The minimum atomic E-state index is -0.0667. The van der Waals surface area contributed by atoms with Gasteiger partial charge in [0.1, 0.15) is 12.4 Å². The highest BCUT2D eigenvalue weighted by atomic mass is 16.5. The Balaban J connectivity index is 1.44. The zero-order valence-corrected chi connectivity index (χ0v) is 12.3. The molecule has 21 heavy (non-hydrogen) atoms. The maximum absolute atomic E-state index is 12.2. The molecular formula is C16H23N3O2. The topological polar surface area (TPSA) is 53.6 Å². The van der Waals surface area contributed by atoms with Gasteiger partial charge in [0.25, 0.3) is 0 Å². The van der Waals surface area contributed by atoms with Gasteiger partial charge in [-0.25, -0.2) is 0 Å². The van der Waals surface area contributed by atoms with Gasteiger partial charge in [-0.15, -0.1) is 0 Å². The van der Waals surface area contributed by atoms with Crippen molar-refractivity contribution in [2.75, 3.05) is 45.9 Å². The Hall–Kier alpha value is -1.59. The van der Waals surface area contributed by atoms with Crippen molar-refractivity contribution < 1.29 is 9.53 Å². The van der Waals surface area contributed by atoms with Crippen LogP contribution in [0.2, 0.25) is 0 Å². The van der Waals surface area contributed by atoms with E-state index in [2.05, 4.69) is 15.5 Å². The molecular weight excluding hydrogens is 266 g/mol. The number of hydrogen-bond donors (Lipinski definition) is 2. The lowest BCUT2D eigenvalue weighted by molar-refractivity contribution is -0.126. The van der Waals surface area contributed by atoms with Gasteiger partial charge in [0.2, 0.25) is 5.91 Å². The van der Waals surface area contributed by atoms with E-state index in [-0.39, 0.29) is 11.8 Å². The minimum absolute atomic E-state index is 0.0667. The summed E-state index contributed by atoms with van der Waals surface area (Å²) in [6.07, 6.45) is 0.773. The van der Waals surface area contributed by atoms with E-state index in [9.17, 15) is 4.79 Å². The van der Waals surface area contributed by atoms with Crippen molar-refractivity contribution in [1.29, 1.82) is 0 Å². The maximum atomic E-state index is 12.2. The Kier molecular flexibility index (Phi) is 4.72. The Bertz CT molecular complexity index is 486. The molecule has 1 saturated heterocycles. The van der Waals surface area contributed by atoms with Crippen LogP contribution in [-0.4, -0.2) is 56.7 Å². The van der Waals surface area contributed by atoms with Crippen LogP contribution in [0.3, 0.4) is 0 Å². The van der Waals surface area contributed by atoms with Crippen molar-refractivity contribution in [3.63, 3.8) is 0 Å². The molecule has 2 N–H and O–H groups in total. The van der Waals surface area contributed by atoms with Crippen LogP contribution in [0.15, 0.2) is 24.3 Å². The smallest absolute Gasteiger partial charge is 0.226 e. The molecule has 1 atom stereocenters. The van der Waals surface area contributed by atoms with E-state index in [1.807, 2.05) is 24.3 Å². The largest absolute Gasteiger partial charge is 0.492 e. The van der Waals surface area contributed by atoms with E-state index in [4.69, 9.17) is 4.74 Å². The number of fused-ring (bicyclic) bond motifs is 1. The molecule has 2 heterocycles. The second-order valence-electron chi connectivity index (χ2n) is 5.70. The molecule has 1 fully saturated rings. The number of amides is 1. The van der Waals surface area contributed by atoms with Crippen molar-refractivity contribution >= 4 is 5.91 Å². The first-order chi connectivity index (χ1) is 10.3. The number of carbonyl (C=O) groups is 1. The lowest BCUT2D eigenvalue weighted by Crippen LogP contribution is -2.47. The first-order valence-corrected chi connectivity index (χ1v) is 7.74. The van der Waals surface area contributed by atoms with Gasteiger partial charge in [0.15, 0.2) is 0 Å². The van der Waals surface area contributed by atoms with Gasteiger partial charge in [-0.05, 0) is 18.1 Å². The van der Waals surface area contributed by atoms with Crippen molar-refractivity contribution in [1.82, 2.24) is 15.5 Å². The molecule has 5 heteroatoms. The SMILES string of the molecule is O=C(NCCN1CCNCC1)C1COc2ccccc2C1. The molecule has 1 unspecified atom stereocenters. The number of rotatable bonds is 4. The fourth-order valence-electron chi connectivity index (χ4n) is 2.91. The van der Waals surface area contributed by atoms with E-state index in [1.165, 1.54) is 0 Å². The number of carbonyl (C=O) groups excluding carboxylic acids is 1. The zero-order chi connectivity index (χ0) is 14.5. The van der Waals surface area contributed by atoms with Gasteiger partial charge in [-0.2, -0.15) is 0 Å². The molecule has 0 aliphatic carbocycles. The van der Waals surface area contributed by atoms with E-state index in [1.54, 1.807) is 0 Å². The van der Waals surface area contributed by atoms with Gasteiger partial charge in [0.05, 0.1) is 5.92 Å². The Morgan fingerprint density at radius 3 is 3.00 bits per heavy atom. The summed E-state index contributed by atoms with van der Waals surface area (Å²) in [6, 6.07) is 7.96. The first kappa shape index (κ1) is 14.4. The number of ether oxygens (including phenoxy) is 1. The number of hydrogen-bond acceptors (Lipinski definition) is 4. The molecule has 0 bridgehead atoms. The number of nitrogens with zero attached hydrogens (tertiary/aromatic N) is 1. The Labute approximate surface area is 125 Å². The van der Waals surface area contributed by atoms with Crippen LogP contribution in [0.4, 0.5) is 0 Å². The summed E-state index contributed by atoms with van der Waals surface area (Å²) in [5, 5.41) is 6.38. The van der Waals surface area contributed by atoms with Gasteiger partial charge in [-0.1, -0.05) is 18.2 Å². The van der Waals surface area contributed by atoms with Crippen LogP contribution in [0.25, 0.3) is 0 Å². The molecule has 2 aliphatic heterocycles. The minimum Gasteiger partial charge on any atom is -0.492 e. The fourth-order valence-corrected chi connectivity index (χ4v) is 2.91. The molecule has 0 radical (unpaired) electrons. The predicted molar refractivity (Wildman–Crippen MR) is 81.5 cm³/mol. The van der Waals surface area contributed by atoms with E-state index < -0.39 is 0 Å². The van der Waals surface area contributed by atoms with Crippen LogP contribution in [0, 0.1) is 5.92 Å². The van der Waals surface area contributed by atoms with Crippen molar-refractivity contribution in [3.8, 4) is 5.75 Å². The number of benzene rings is 1. The van der Waals surface area contributed by atoms with Gasteiger partial charge < -0.3 is 15.4 Å². The van der Waals surface area contributed by atoms with Crippen LogP contribution >= 0.6 is 0 Å². The lowest BCUT2D eigenvalue weighted by atomic mass is 9.96. The van der Waals surface area contributed by atoms with Crippen LogP contribution in [-0.2, 0) is 11.2 Å². The summed E-state index contributed by atoms with van der Waals surface area (Å²) in [6.45, 7) is 6.35. The van der Waals surface area contributed by atoms with E-state index in [0.717, 1.165) is 57.0 Å². The molecule has 5 nitrogen and oxygen atoms in total. The molecule has 1 aromatic carbocycles. The summed E-state index contributed by atoms with van der Waals surface area (Å²) in [5.74, 6) is 0.963. The Morgan fingerprint density at radius 1 is 1.33 bits per heavy atom. The summed E-state index contributed by atoms with van der Waals surface area (Å²) >= 11 is 0. The second kappa shape index (κ2) is 6.91. The summed E-state index contributed by atoms with van der Waals surface area (Å²) in [7, 11) is 0. The first-order valence-electron chi connectivity index (χ1n) is 7.74. The average molecular weight is 289 g/mol. The Morgan fingerprint density at radius 2 is 2.14 bits per heavy atom. The summed E-state index contributed by atoms with van der Waals surface area (Å²) < 4.78 is 5.67. The quantitative estimate of drug-likeness (QED) is 0.835. The molecule has 0 aromatic heterocycles. The fraction of sp³-hybridized carbons (Fsp3) is 0.562. The number of piperazine rings is 1. The molecule has 3 rings (SSSR count). The van der Waals surface area contributed by atoms with E-state index in [0.29, 0.717) is 6.61 Å². The van der Waals surface area contributed by atoms with Crippen LogP contribution in [0.1, 0.15) is 5.56 Å². The molecule has 2 aliphatic rings. The molecule has 0 spiro atoms. The highest BCUT2D eigenvalue weighted by Gasteiger charge is 2.25. The third kappa shape index (κ3) is 3.74. The lowest BCUT2D eigenvalue weighted by Gasteiger charge is -2.28. The maximum Gasteiger partial charge on any atom is 0.226 e. The highest BCUT2D eigenvalue weighted by Crippen LogP contribution is 2.26. The zero-order valence-electron chi connectivity index (χ0n) is 12.3. The third-order valence-electron chi connectivity index (χ3n) is 4.19. The standard InChI is InChI=1S/C16H23N3O2/c20-16(18-7-10-19-8-5-17-6-9-19)14-11-13-3-1-2-4-15(13)21-12-14/h1-4,14,17H,5-12H2,(H,18,20). The third-order valence-corrected chi connectivity index (χ3v) is 4.19. The molecule has 0 saturated carbocycles. The van der Waals surface area contributed by atoms with Crippen LogP contribution < -0.4 is 15.4 Å².